The molecule has 0 aromatic heterocycles. The quantitative estimate of drug-likeness (QED) is 0.776. The van der Waals surface area contributed by atoms with Crippen LogP contribution in [0.1, 0.15) is 13.8 Å². The fourth-order valence-electron chi connectivity index (χ4n) is 1.56. The van der Waals surface area contributed by atoms with E-state index >= 15 is 0 Å². The molecule has 0 saturated carbocycles. The van der Waals surface area contributed by atoms with Crippen molar-refractivity contribution >= 4 is 5.69 Å². The van der Waals surface area contributed by atoms with Crippen LogP contribution in [-0.2, 0) is 0 Å². The second-order valence-corrected chi connectivity index (χ2v) is 3.71. The molecule has 0 spiro atoms. The molecule has 0 amide bonds. The Morgan fingerprint density at radius 2 is 1.59 bits per heavy atom. The Morgan fingerprint density at radius 1 is 1.06 bits per heavy atom. The zero-order chi connectivity index (χ0) is 12.8. The van der Waals surface area contributed by atoms with Crippen LogP contribution in [0.3, 0.4) is 0 Å². The van der Waals surface area contributed by atoms with Gasteiger partial charge in [0, 0.05) is 30.9 Å². The van der Waals surface area contributed by atoms with Gasteiger partial charge in [0.1, 0.15) is 0 Å². The van der Waals surface area contributed by atoms with Crippen LogP contribution in [0.4, 0.5) is 18.9 Å². The average molecular weight is 246 g/mol. The van der Waals surface area contributed by atoms with Gasteiger partial charge in [-0.15, -0.1) is 0 Å². The molecule has 1 rings (SSSR count). The molecule has 17 heavy (non-hydrogen) atoms. The van der Waals surface area contributed by atoms with E-state index in [4.69, 9.17) is 0 Å². The smallest absolute Gasteiger partial charge is 0.194 e. The summed E-state index contributed by atoms with van der Waals surface area (Å²) < 4.78 is 38.5. The van der Waals surface area contributed by atoms with Crippen LogP contribution in [0.5, 0.6) is 0 Å². The highest BCUT2D eigenvalue weighted by Crippen LogP contribution is 2.16. The largest absolute Gasteiger partial charge is 0.384 e. The Balaban J connectivity index is 2.52. The van der Waals surface area contributed by atoms with E-state index in [2.05, 4.69) is 10.2 Å². The van der Waals surface area contributed by atoms with E-state index in [0.717, 1.165) is 31.8 Å². The number of hydrogen-bond donors (Lipinski definition) is 1. The zero-order valence-electron chi connectivity index (χ0n) is 10.1. The number of benzene rings is 1. The maximum Gasteiger partial charge on any atom is 0.194 e. The highest BCUT2D eigenvalue weighted by molar-refractivity contribution is 5.44. The average Bonchev–Trinajstić information content (AvgIpc) is 2.31. The van der Waals surface area contributed by atoms with Crippen molar-refractivity contribution in [3.8, 4) is 0 Å². The molecule has 1 N–H and O–H groups in total. The normalized spacial score (nSPS) is 10.9. The number of likely N-dealkylation sites (N-methyl/N-ethyl adjacent to an activating group) is 1. The van der Waals surface area contributed by atoms with Gasteiger partial charge in [0.05, 0.1) is 0 Å². The molecule has 0 bridgehead atoms. The van der Waals surface area contributed by atoms with E-state index in [1.54, 1.807) is 0 Å². The molecule has 0 aliphatic rings. The minimum Gasteiger partial charge on any atom is -0.384 e. The van der Waals surface area contributed by atoms with Crippen molar-refractivity contribution in [2.24, 2.45) is 0 Å². The Kier molecular flexibility index (Phi) is 5.28. The van der Waals surface area contributed by atoms with E-state index in [-0.39, 0.29) is 5.69 Å². The molecule has 1 aromatic rings. The molecule has 0 heterocycles. The van der Waals surface area contributed by atoms with Crippen LogP contribution in [0.15, 0.2) is 12.1 Å². The number of hydrogen-bond acceptors (Lipinski definition) is 2. The van der Waals surface area contributed by atoms with Gasteiger partial charge in [0.25, 0.3) is 0 Å². The minimum atomic E-state index is -1.43. The minimum absolute atomic E-state index is 0.258. The molecular weight excluding hydrogens is 229 g/mol. The summed E-state index contributed by atoms with van der Waals surface area (Å²) in [7, 11) is 0. The summed E-state index contributed by atoms with van der Waals surface area (Å²) in [5, 5.41) is 2.86. The molecule has 0 atom stereocenters. The fraction of sp³-hybridized carbons (Fsp3) is 0.500. The zero-order valence-corrected chi connectivity index (χ0v) is 10.1. The SMILES string of the molecule is CCN(CC)CCNc1cc(F)c(F)c(F)c1. The van der Waals surface area contributed by atoms with Gasteiger partial charge in [0.2, 0.25) is 0 Å². The lowest BCUT2D eigenvalue weighted by molar-refractivity contribution is 0.316. The Labute approximate surface area is 99.4 Å². The molecule has 5 heteroatoms. The van der Waals surface area contributed by atoms with E-state index in [1.807, 2.05) is 13.8 Å². The van der Waals surface area contributed by atoms with Gasteiger partial charge in [0.15, 0.2) is 17.5 Å². The summed E-state index contributed by atoms with van der Waals surface area (Å²) >= 11 is 0. The van der Waals surface area contributed by atoms with E-state index in [9.17, 15) is 13.2 Å². The molecular formula is C12H17F3N2. The van der Waals surface area contributed by atoms with Gasteiger partial charge in [-0.25, -0.2) is 13.2 Å². The number of nitrogens with one attached hydrogen (secondary N) is 1. The number of nitrogens with zero attached hydrogens (tertiary/aromatic N) is 1. The molecule has 0 fully saturated rings. The molecule has 0 aliphatic carbocycles. The van der Waals surface area contributed by atoms with Gasteiger partial charge < -0.3 is 10.2 Å². The summed E-state index contributed by atoms with van der Waals surface area (Å²) in [6.07, 6.45) is 0. The standard InChI is InChI=1S/C12H17F3N2/c1-3-17(4-2)6-5-16-9-7-10(13)12(15)11(14)8-9/h7-8,16H,3-6H2,1-2H3. The van der Waals surface area contributed by atoms with Crippen LogP contribution in [0.2, 0.25) is 0 Å². The monoisotopic (exact) mass is 246 g/mol. The number of anilines is 1. The lowest BCUT2D eigenvalue weighted by atomic mass is 10.3. The first kappa shape index (κ1) is 13.8. The first-order valence-corrected chi connectivity index (χ1v) is 5.69. The Bertz CT molecular complexity index is 342. The van der Waals surface area contributed by atoms with Gasteiger partial charge >= 0.3 is 0 Å². The van der Waals surface area contributed by atoms with Crippen molar-refractivity contribution in [1.29, 1.82) is 0 Å². The van der Waals surface area contributed by atoms with Crippen LogP contribution in [0.25, 0.3) is 0 Å². The maximum atomic E-state index is 12.9. The molecule has 0 unspecified atom stereocenters. The van der Waals surface area contributed by atoms with Gasteiger partial charge in [-0.05, 0) is 13.1 Å². The maximum absolute atomic E-state index is 12.9. The molecule has 1 aromatic carbocycles. The predicted molar refractivity (Wildman–Crippen MR) is 62.6 cm³/mol. The first-order valence-electron chi connectivity index (χ1n) is 5.69. The third-order valence-electron chi connectivity index (χ3n) is 2.64. The van der Waals surface area contributed by atoms with E-state index in [0.29, 0.717) is 6.54 Å². The van der Waals surface area contributed by atoms with Crippen molar-refractivity contribution in [3.63, 3.8) is 0 Å². The predicted octanol–water partition coefficient (Wildman–Crippen LogP) is 2.86. The number of rotatable bonds is 6. The summed E-state index contributed by atoms with van der Waals surface area (Å²) in [4.78, 5) is 2.17. The Hall–Kier alpha value is -1.23. The highest BCUT2D eigenvalue weighted by Gasteiger charge is 2.10. The lowest BCUT2D eigenvalue weighted by Crippen LogP contribution is -2.28. The molecule has 0 aliphatic heterocycles. The second-order valence-electron chi connectivity index (χ2n) is 3.71. The van der Waals surface area contributed by atoms with Gasteiger partial charge in [-0.2, -0.15) is 0 Å². The summed E-state index contributed by atoms with van der Waals surface area (Å²) in [6.45, 7) is 7.26. The van der Waals surface area contributed by atoms with Crippen LogP contribution in [0, 0.1) is 17.5 Å². The third-order valence-corrected chi connectivity index (χ3v) is 2.64. The van der Waals surface area contributed by atoms with Gasteiger partial charge in [-0.1, -0.05) is 13.8 Å². The van der Waals surface area contributed by atoms with Crippen LogP contribution in [-0.4, -0.2) is 31.1 Å². The van der Waals surface area contributed by atoms with Crippen molar-refractivity contribution in [2.45, 2.75) is 13.8 Å². The van der Waals surface area contributed by atoms with Crippen molar-refractivity contribution in [1.82, 2.24) is 4.90 Å². The lowest BCUT2D eigenvalue weighted by Gasteiger charge is -2.18. The highest BCUT2D eigenvalue weighted by atomic mass is 19.2. The van der Waals surface area contributed by atoms with Crippen LogP contribution >= 0.6 is 0 Å². The van der Waals surface area contributed by atoms with Crippen molar-refractivity contribution in [3.05, 3.63) is 29.6 Å². The molecule has 96 valence electrons. The Morgan fingerprint density at radius 3 is 2.06 bits per heavy atom. The molecule has 2 nitrogen and oxygen atoms in total. The first-order chi connectivity index (χ1) is 8.08. The second kappa shape index (κ2) is 6.49. The van der Waals surface area contributed by atoms with E-state index in [1.165, 1.54) is 0 Å². The molecule has 0 radical (unpaired) electrons. The van der Waals surface area contributed by atoms with Crippen LogP contribution < -0.4 is 5.32 Å². The fourth-order valence-corrected chi connectivity index (χ4v) is 1.56. The van der Waals surface area contributed by atoms with Crippen molar-refractivity contribution in [2.75, 3.05) is 31.5 Å². The number of halogens is 3. The summed E-state index contributed by atoms with van der Waals surface area (Å²) in [5.41, 5.74) is 0.258. The van der Waals surface area contributed by atoms with Gasteiger partial charge in [-0.3, -0.25) is 0 Å². The molecule has 0 saturated heterocycles. The summed E-state index contributed by atoms with van der Waals surface area (Å²) in [6, 6.07) is 1.92. The van der Waals surface area contributed by atoms with Crippen molar-refractivity contribution < 1.29 is 13.2 Å². The van der Waals surface area contributed by atoms with E-state index < -0.39 is 17.5 Å². The topological polar surface area (TPSA) is 15.3 Å². The third kappa shape index (κ3) is 3.93. The summed E-state index contributed by atoms with van der Waals surface area (Å²) in [5.74, 6) is -3.77.